The summed E-state index contributed by atoms with van der Waals surface area (Å²) in [6.07, 6.45) is 1.61. The van der Waals surface area contributed by atoms with E-state index in [0.717, 1.165) is 22.5 Å². The van der Waals surface area contributed by atoms with Crippen molar-refractivity contribution in [2.24, 2.45) is 0 Å². The molecule has 2 N–H and O–H groups in total. The summed E-state index contributed by atoms with van der Waals surface area (Å²) >= 11 is 6.13. The number of carbonyl (C=O) groups is 1. The lowest BCUT2D eigenvalue weighted by molar-refractivity contribution is 0.0946. The van der Waals surface area contributed by atoms with Gasteiger partial charge in [-0.2, -0.15) is 0 Å². The van der Waals surface area contributed by atoms with Crippen LogP contribution in [-0.2, 0) is 6.54 Å². The number of nitrogens with zero attached hydrogens (tertiary/aromatic N) is 1. The maximum Gasteiger partial charge on any atom is 0.270 e. The molecule has 0 radical (unpaired) electrons. The van der Waals surface area contributed by atoms with Crippen molar-refractivity contribution in [2.75, 3.05) is 12.4 Å². The van der Waals surface area contributed by atoms with E-state index in [9.17, 15) is 4.79 Å². The van der Waals surface area contributed by atoms with Gasteiger partial charge in [0.1, 0.15) is 11.4 Å². The van der Waals surface area contributed by atoms with Gasteiger partial charge in [0, 0.05) is 17.6 Å². The third kappa shape index (κ3) is 4.77. The van der Waals surface area contributed by atoms with E-state index in [4.69, 9.17) is 16.3 Å². The number of nitrogens with one attached hydrogen (secondary N) is 2. The standard InChI is InChI=1S/C21H20ClN3O2/c1-14-10-19(20(27-2)11-17(14)22)25-16-8-9-18(23-13-16)21(26)24-12-15-6-4-3-5-7-15/h3-11,13,25H,12H2,1-2H3,(H,24,26). The van der Waals surface area contributed by atoms with Crippen molar-refractivity contribution in [3.63, 3.8) is 0 Å². The van der Waals surface area contributed by atoms with Gasteiger partial charge in [-0.1, -0.05) is 41.9 Å². The van der Waals surface area contributed by atoms with E-state index in [1.165, 1.54) is 0 Å². The van der Waals surface area contributed by atoms with Crippen molar-refractivity contribution < 1.29 is 9.53 Å². The molecule has 3 rings (SSSR count). The molecular weight excluding hydrogens is 362 g/mol. The topological polar surface area (TPSA) is 63.2 Å². The smallest absolute Gasteiger partial charge is 0.270 e. The minimum Gasteiger partial charge on any atom is -0.495 e. The number of rotatable bonds is 6. The van der Waals surface area contributed by atoms with Crippen molar-refractivity contribution >= 4 is 28.9 Å². The lowest BCUT2D eigenvalue weighted by atomic mass is 10.2. The second-order valence-electron chi connectivity index (χ2n) is 6.03. The van der Waals surface area contributed by atoms with Crippen molar-refractivity contribution in [1.29, 1.82) is 0 Å². The number of hydrogen-bond acceptors (Lipinski definition) is 4. The number of halogens is 1. The molecule has 0 fully saturated rings. The normalized spacial score (nSPS) is 10.3. The average molecular weight is 382 g/mol. The van der Waals surface area contributed by atoms with Crippen LogP contribution in [0.2, 0.25) is 5.02 Å². The summed E-state index contributed by atoms with van der Waals surface area (Å²) in [4.78, 5) is 16.5. The number of hydrogen-bond donors (Lipinski definition) is 2. The Labute approximate surface area is 163 Å². The van der Waals surface area contributed by atoms with E-state index >= 15 is 0 Å². The maximum absolute atomic E-state index is 12.2. The molecule has 0 atom stereocenters. The van der Waals surface area contributed by atoms with Crippen molar-refractivity contribution in [1.82, 2.24) is 10.3 Å². The van der Waals surface area contributed by atoms with Crippen LogP contribution in [0.4, 0.5) is 11.4 Å². The first kappa shape index (κ1) is 18.7. The van der Waals surface area contributed by atoms with Gasteiger partial charge >= 0.3 is 0 Å². The van der Waals surface area contributed by atoms with Crippen molar-refractivity contribution in [3.05, 3.63) is 82.6 Å². The highest BCUT2D eigenvalue weighted by atomic mass is 35.5. The monoisotopic (exact) mass is 381 g/mol. The molecule has 0 unspecified atom stereocenters. The highest BCUT2D eigenvalue weighted by molar-refractivity contribution is 6.31. The molecule has 6 heteroatoms. The Balaban J connectivity index is 1.67. The molecule has 1 amide bonds. The molecule has 0 bridgehead atoms. The van der Waals surface area contributed by atoms with E-state index in [0.29, 0.717) is 23.0 Å². The van der Waals surface area contributed by atoms with Crippen LogP contribution in [0.5, 0.6) is 5.75 Å². The average Bonchev–Trinajstić information content (AvgIpc) is 2.70. The molecule has 0 aliphatic rings. The Bertz CT molecular complexity index is 928. The summed E-state index contributed by atoms with van der Waals surface area (Å²) in [6.45, 7) is 2.38. The zero-order valence-corrected chi connectivity index (χ0v) is 15.9. The van der Waals surface area contributed by atoms with Crippen LogP contribution in [0.3, 0.4) is 0 Å². The Morgan fingerprint density at radius 2 is 1.93 bits per heavy atom. The van der Waals surface area contributed by atoms with Crippen LogP contribution < -0.4 is 15.4 Å². The SMILES string of the molecule is COc1cc(Cl)c(C)cc1Nc1ccc(C(=O)NCc2ccccc2)nc1. The molecule has 3 aromatic rings. The minimum atomic E-state index is -0.217. The molecular formula is C21H20ClN3O2. The summed E-state index contributed by atoms with van der Waals surface area (Å²) in [7, 11) is 1.59. The zero-order chi connectivity index (χ0) is 19.2. The first-order valence-corrected chi connectivity index (χ1v) is 8.84. The van der Waals surface area contributed by atoms with Gasteiger partial charge in [0.25, 0.3) is 5.91 Å². The predicted molar refractivity (Wildman–Crippen MR) is 108 cm³/mol. The number of pyridine rings is 1. The molecule has 0 spiro atoms. The van der Waals surface area contributed by atoms with Gasteiger partial charge in [0.15, 0.2) is 0 Å². The van der Waals surface area contributed by atoms with Gasteiger partial charge in [-0.25, -0.2) is 4.98 Å². The molecule has 0 aliphatic heterocycles. The molecule has 0 aliphatic carbocycles. The summed E-state index contributed by atoms with van der Waals surface area (Å²) in [6, 6.07) is 16.9. The highest BCUT2D eigenvalue weighted by Crippen LogP contribution is 2.32. The summed E-state index contributed by atoms with van der Waals surface area (Å²) in [5.74, 6) is 0.417. The number of carbonyl (C=O) groups excluding carboxylic acids is 1. The van der Waals surface area contributed by atoms with Crippen LogP contribution in [0.1, 0.15) is 21.6 Å². The zero-order valence-electron chi connectivity index (χ0n) is 15.1. The minimum absolute atomic E-state index is 0.217. The van der Waals surface area contributed by atoms with Gasteiger partial charge < -0.3 is 15.4 Å². The van der Waals surface area contributed by atoms with Gasteiger partial charge in [0.05, 0.1) is 24.7 Å². The van der Waals surface area contributed by atoms with Gasteiger partial charge in [-0.15, -0.1) is 0 Å². The number of aryl methyl sites for hydroxylation is 1. The van der Waals surface area contributed by atoms with Gasteiger partial charge in [0.2, 0.25) is 0 Å². The summed E-state index contributed by atoms with van der Waals surface area (Å²) in [5.41, 5.74) is 3.85. The van der Waals surface area contributed by atoms with E-state index in [1.54, 1.807) is 31.5 Å². The Morgan fingerprint density at radius 1 is 1.15 bits per heavy atom. The second kappa shape index (κ2) is 8.56. The number of benzene rings is 2. The van der Waals surface area contributed by atoms with Gasteiger partial charge in [-0.3, -0.25) is 4.79 Å². The fourth-order valence-electron chi connectivity index (χ4n) is 2.56. The first-order chi connectivity index (χ1) is 13.1. The van der Waals surface area contributed by atoms with Crippen molar-refractivity contribution in [2.45, 2.75) is 13.5 Å². The van der Waals surface area contributed by atoms with E-state index in [2.05, 4.69) is 15.6 Å². The second-order valence-corrected chi connectivity index (χ2v) is 6.43. The highest BCUT2D eigenvalue weighted by Gasteiger charge is 2.10. The number of ether oxygens (including phenoxy) is 1. The number of anilines is 2. The molecule has 1 heterocycles. The fraction of sp³-hybridized carbons (Fsp3) is 0.143. The molecule has 5 nitrogen and oxygen atoms in total. The predicted octanol–water partition coefficient (Wildman–Crippen LogP) is 4.73. The van der Waals surface area contributed by atoms with E-state index in [1.807, 2.05) is 43.3 Å². The first-order valence-electron chi connectivity index (χ1n) is 8.46. The molecule has 0 saturated carbocycles. The van der Waals surface area contributed by atoms with Gasteiger partial charge in [-0.05, 0) is 36.2 Å². The molecule has 138 valence electrons. The van der Waals surface area contributed by atoms with Crippen LogP contribution in [0, 0.1) is 6.92 Å². The van der Waals surface area contributed by atoms with Crippen LogP contribution in [0.25, 0.3) is 0 Å². The maximum atomic E-state index is 12.2. The Kier molecular flexibility index (Phi) is 5.94. The van der Waals surface area contributed by atoms with Crippen LogP contribution in [-0.4, -0.2) is 18.0 Å². The number of methoxy groups -OCH3 is 1. The molecule has 2 aromatic carbocycles. The fourth-order valence-corrected chi connectivity index (χ4v) is 2.71. The lowest BCUT2D eigenvalue weighted by Gasteiger charge is -2.13. The molecule has 1 aromatic heterocycles. The third-order valence-corrected chi connectivity index (χ3v) is 4.46. The third-order valence-electron chi connectivity index (χ3n) is 4.05. The summed E-state index contributed by atoms with van der Waals surface area (Å²) in [5, 5.41) is 6.74. The summed E-state index contributed by atoms with van der Waals surface area (Å²) < 4.78 is 5.36. The van der Waals surface area contributed by atoms with E-state index in [-0.39, 0.29) is 5.91 Å². The Morgan fingerprint density at radius 3 is 2.59 bits per heavy atom. The number of amides is 1. The largest absolute Gasteiger partial charge is 0.495 e. The lowest BCUT2D eigenvalue weighted by Crippen LogP contribution is -2.23. The van der Waals surface area contributed by atoms with Crippen LogP contribution >= 0.6 is 11.6 Å². The quantitative estimate of drug-likeness (QED) is 0.648. The number of aromatic nitrogens is 1. The van der Waals surface area contributed by atoms with E-state index < -0.39 is 0 Å². The Hall–Kier alpha value is -3.05. The van der Waals surface area contributed by atoms with Crippen molar-refractivity contribution in [3.8, 4) is 5.75 Å². The molecule has 0 saturated heterocycles. The van der Waals surface area contributed by atoms with Crippen LogP contribution in [0.15, 0.2) is 60.8 Å². The molecule has 27 heavy (non-hydrogen) atoms.